The molecule has 0 saturated heterocycles. The molecule has 2 N–H and O–H groups in total. The molecule has 0 aliphatic heterocycles. The Morgan fingerprint density at radius 1 is 1.03 bits per heavy atom. The molecule has 1 aliphatic rings. The second-order valence-electron chi connectivity index (χ2n) is 9.32. The highest BCUT2D eigenvalue weighted by Crippen LogP contribution is 2.31. The van der Waals surface area contributed by atoms with E-state index in [1.165, 1.54) is 39.9 Å². The summed E-state index contributed by atoms with van der Waals surface area (Å²) in [4.78, 5) is 29.1. The number of hydrogen-bond acceptors (Lipinski definition) is 5. The summed E-state index contributed by atoms with van der Waals surface area (Å²) in [7, 11) is 0. The van der Waals surface area contributed by atoms with Crippen LogP contribution < -0.4 is 10.2 Å². The van der Waals surface area contributed by atoms with Gasteiger partial charge in [0.25, 0.3) is 0 Å². The van der Waals surface area contributed by atoms with Crippen LogP contribution in [0.15, 0.2) is 72.8 Å². The molecule has 8 nitrogen and oxygen atoms in total. The maximum Gasteiger partial charge on any atom is 0.249 e. The molecule has 0 radical (unpaired) electrons. The Kier molecular flexibility index (Phi) is 7.11. The zero-order valence-corrected chi connectivity index (χ0v) is 20.3. The van der Waals surface area contributed by atoms with E-state index in [4.69, 9.17) is 0 Å². The summed E-state index contributed by atoms with van der Waals surface area (Å²) in [6, 6.07) is 17.9. The summed E-state index contributed by atoms with van der Waals surface area (Å²) in [6.45, 7) is -0.206. The molecule has 2 amide bonds. The smallest absolute Gasteiger partial charge is 0.249 e. The number of nitrogens with zero attached hydrogens (tertiary/aromatic N) is 4. The second kappa shape index (κ2) is 10.8. The predicted molar refractivity (Wildman–Crippen MR) is 137 cm³/mol. The van der Waals surface area contributed by atoms with E-state index < -0.39 is 17.8 Å². The van der Waals surface area contributed by atoms with Crippen molar-refractivity contribution in [3.05, 3.63) is 84.2 Å². The SMILES string of the molecule is O=C(NC1CCCCC1)[C@H](c1ccc(O)cc1)N(C(=O)Cn1nnc2ccccc21)c1cccc(F)c1. The molecular formula is C28H28FN5O3. The van der Waals surface area contributed by atoms with E-state index in [0.717, 1.165) is 32.1 Å². The molecule has 3 aromatic carbocycles. The zero-order valence-electron chi connectivity index (χ0n) is 20.3. The first-order valence-corrected chi connectivity index (χ1v) is 12.4. The minimum atomic E-state index is -1.09. The van der Waals surface area contributed by atoms with Gasteiger partial charge in [-0.05, 0) is 60.9 Å². The largest absolute Gasteiger partial charge is 0.508 e. The van der Waals surface area contributed by atoms with Gasteiger partial charge in [0.2, 0.25) is 11.8 Å². The van der Waals surface area contributed by atoms with Gasteiger partial charge in [-0.3, -0.25) is 14.5 Å². The number of aromatic hydroxyl groups is 1. The van der Waals surface area contributed by atoms with Crippen LogP contribution in [0.5, 0.6) is 5.75 Å². The highest BCUT2D eigenvalue weighted by atomic mass is 19.1. The number of phenolic OH excluding ortho intramolecular Hbond substituents is 1. The number of halogens is 1. The summed E-state index contributed by atoms with van der Waals surface area (Å²) in [5.41, 5.74) is 2.04. The van der Waals surface area contributed by atoms with Gasteiger partial charge >= 0.3 is 0 Å². The molecule has 0 bridgehead atoms. The Labute approximate surface area is 213 Å². The topological polar surface area (TPSA) is 100 Å². The maximum absolute atomic E-state index is 14.4. The van der Waals surface area contributed by atoms with Crippen LogP contribution in [-0.4, -0.2) is 38.0 Å². The van der Waals surface area contributed by atoms with Gasteiger partial charge in [0.15, 0.2) is 0 Å². The monoisotopic (exact) mass is 501 g/mol. The van der Waals surface area contributed by atoms with Crippen molar-refractivity contribution < 1.29 is 19.1 Å². The zero-order chi connectivity index (χ0) is 25.8. The van der Waals surface area contributed by atoms with E-state index in [1.54, 1.807) is 24.3 Å². The standard InChI is InChI=1S/C28H28FN5O3/c29-20-7-6-10-22(17-20)34(26(36)18-33-25-12-5-4-11-24(25)31-32-33)27(19-13-15-23(35)16-14-19)28(37)30-21-8-2-1-3-9-21/h4-7,10-17,21,27,35H,1-3,8-9,18H2,(H,30,37)/t27-/m0/s1. The minimum absolute atomic E-state index is 0.00425. The highest BCUT2D eigenvalue weighted by Gasteiger charge is 2.34. The normalized spacial score (nSPS) is 14.8. The van der Waals surface area contributed by atoms with Crippen molar-refractivity contribution in [1.82, 2.24) is 20.3 Å². The van der Waals surface area contributed by atoms with Crippen LogP contribution in [0.3, 0.4) is 0 Å². The highest BCUT2D eigenvalue weighted by molar-refractivity contribution is 6.01. The lowest BCUT2D eigenvalue weighted by atomic mass is 9.94. The molecule has 4 aromatic rings. The Morgan fingerprint density at radius 3 is 2.54 bits per heavy atom. The second-order valence-corrected chi connectivity index (χ2v) is 9.32. The van der Waals surface area contributed by atoms with Gasteiger partial charge in [0.1, 0.15) is 29.7 Å². The summed E-state index contributed by atoms with van der Waals surface area (Å²) in [5, 5.41) is 21.2. The van der Waals surface area contributed by atoms with Crippen LogP contribution in [0.4, 0.5) is 10.1 Å². The number of benzene rings is 3. The van der Waals surface area contributed by atoms with Gasteiger partial charge in [-0.2, -0.15) is 0 Å². The number of anilines is 1. The fraction of sp³-hybridized carbons (Fsp3) is 0.286. The molecule has 5 rings (SSSR count). The number of aromatic nitrogens is 3. The number of amides is 2. The van der Waals surface area contributed by atoms with Crippen LogP contribution in [-0.2, 0) is 16.1 Å². The van der Waals surface area contributed by atoms with Crippen LogP contribution in [0.2, 0.25) is 0 Å². The van der Waals surface area contributed by atoms with E-state index in [9.17, 15) is 19.1 Å². The van der Waals surface area contributed by atoms with Gasteiger partial charge in [0, 0.05) is 11.7 Å². The summed E-state index contributed by atoms with van der Waals surface area (Å²) in [5.74, 6) is -1.32. The number of carbonyl (C=O) groups excluding carboxylic acids is 2. The molecule has 1 aromatic heterocycles. The van der Waals surface area contributed by atoms with Crippen LogP contribution >= 0.6 is 0 Å². The third-order valence-electron chi connectivity index (χ3n) is 6.73. The number of hydrogen-bond donors (Lipinski definition) is 2. The Balaban J connectivity index is 1.56. The fourth-order valence-electron chi connectivity index (χ4n) is 4.90. The summed E-state index contributed by atoms with van der Waals surface area (Å²) in [6.07, 6.45) is 4.93. The van der Waals surface area contributed by atoms with Gasteiger partial charge in [0.05, 0.1) is 5.52 Å². The van der Waals surface area contributed by atoms with Gasteiger partial charge in [-0.25, -0.2) is 9.07 Å². The Morgan fingerprint density at radius 2 is 1.78 bits per heavy atom. The lowest BCUT2D eigenvalue weighted by molar-refractivity contribution is -0.127. The van der Waals surface area contributed by atoms with Gasteiger partial charge in [-0.1, -0.05) is 54.8 Å². The minimum Gasteiger partial charge on any atom is -0.508 e. The molecule has 1 heterocycles. The maximum atomic E-state index is 14.4. The molecule has 190 valence electrons. The van der Waals surface area contributed by atoms with Crippen molar-refractivity contribution in [2.24, 2.45) is 0 Å². The third-order valence-corrected chi connectivity index (χ3v) is 6.73. The van der Waals surface area contributed by atoms with Crippen LogP contribution in [0.25, 0.3) is 11.0 Å². The molecule has 1 atom stereocenters. The number of fused-ring (bicyclic) bond motifs is 1. The molecule has 0 spiro atoms. The molecule has 1 saturated carbocycles. The van der Waals surface area contributed by atoms with Crippen molar-refractivity contribution in [3.8, 4) is 5.75 Å². The number of nitrogens with one attached hydrogen (secondary N) is 1. The molecule has 0 unspecified atom stereocenters. The first-order valence-electron chi connectivity index (χ1n) is 12.4. The molecule has 1 aliphatic carbocycles. The number of rotatable bonds is 7. The average Bonchev–Trinajstić information content (AvgIpc) is 3.31. The van der Waals surface area contributed by atoms with Crippen molar-refractivity contribution in [2.45, 2.75) is 50.7 Å². The van der Waals surface area contributed by atoms with E-state index in [-0.39, 0.29) is 29.9 Å². The van der Waals surface area contributed by atoms with Crippen LogP contribution in [0, 0.1) is 5.82 Å². The lowest BCUT2D eigenvalue weighted by Gasteiger charge is -2.33. The first-order chi connectivity index (χ1) is 18.0. The average molecular weight is 502 g/mol. The first kappa shape index (κ1) is 24.4. The van der Waals surface area contributed by atoms with E-state index in [0.29, 0.717) is 16.6 Å². The van der Waals surface area contributed by atoms with Crippen molar-refractivity contribution in [3.63, 3.8) is 0 Å². The van der Waals surface area contributed by atoms with E-state index in [2.05, 4.69) is 15.6 Å². The van der Waals surface area contributed by atoms with E-state index in [1.807, 2.05) is 18.2 Å². The lowest BCUT2D eigenvalue weighted by Crippen LogP contribution is -2.48. The molecule has 37 heavy (non-hydrogen) atoms. The quantitative estimate of drug-likeness (QED) is 0.388. The third kappa shape index (κ3) is 5.45. The molecular weight excluding hydrogens is 473 g/mol. The van der Waals surface area contributed by atoms with Gasteiger partial charge in [-0.15, -0.1) is 5.10 Å². The fourth-order valence-corrected chi connectivity index (χ4v) is 4.90. The van der Waals surface area contributed by atoms with Gasteiger partial charge < -0.3 is 10.4 Å². The molecule has 9 heteroatoms. The summed E-state index contributed by atoms with van der Waals surface area (Å²) >= 11 is 0. The van der Waals surface area contributed by atoms with Crippen molar-refractivity contribution >= 4 is 28.5 Å². The summed E-state index contributed by atoms with van der Waals surface area (Å²) < 4.78 is 15.8. The Bertz CT molecular complexity index is 1400. The number of para-hydroxylation sites is 1. The number of phenols is 1. The van der Waals surface area contributed by atoms with Crippen molar-refractivity contribution in [2.75, 3.05) is 4.90 Å². The predicted octanol–water partition coefficient (Wildman–Crippen LogP) is 4.50. The van der Waals surface area contributed by atoms with E-state index >= 15 is 0 Å². The van der Waals surface area contributed by atoms with Crippen LogP contribution in [0.1, 0.15) is 43.7 Å². The molecule has 1 fully saturated rings. The Hall–Kier alpha value is -4.27. The number of carbonyl (C=O) groups is 2. The van der Waals surface area contributed by atoms with Crippen molar-refractivity contribution in [1.29, 1.82) is 0 Å².